The third-order valence-corrected chi connectivity index (χ3v) is 4.76. The summed E-state index contributed by atoms with van der Waals surface area (Å²) in [6.45, 7) is 12.0. The van der Waals surface area contributed by atoms with Crippen LogP contribution < -0.4 is 9.64 Å². The Bertz CT molecular complexity index is 1010. The molecule has 0 aliphatic rings. The molecule has 29 heavy (non-hydrogen) atoms. The molecule has 0 fully saturated rings. The van der Waals surface area contributed by atoms with Crippen LogP contribution in [0, 0.1) is 20.8 Å². The summed E-state index contributed by atoms with van der Waals surface area (Å²) in [6, 6.07) is 7.83. The topological polar surface area (TPSA) is 64.3 Å². The number of ether oxygens (including phenoxy) is 1. The number of aryl methyl sites for hydroxylation is 3. The summed E-state index contributed by atoms with van der Waals surface area (Å²) < 4.78 is 26.3. The molecule has 1 atom stereocenters. The maximum absolute atomic E-state index is 7.70. The van der Waals surface area contributed by atoms with Crippen LogP contribution in [0.15, 0.2) is 28.8 Å². The quantitative estimate of drug-likeness (QED) is 0.511. The van der Waals surface area contributed by atoms with Crippen molar-refractivity contribution in [2.75, 3.05) is 24.6 Å². The van der Waals surface area contributed by atoms with Gasteiger partial charge in [0.15, 0.2) is 0 Å². The van der Waals surface area contributed by atoms with Gasteiger partial charge in [-0.2, -0.15) is 4.98 Å². The predicted molar refractivity (Wildman–Crippen MR) is 117 cm³/mol. The van der Waals surface area contributed by atoms with E-state index in [-0.39, 0.29) is 13.5 Å². The maximum Gasteiger partial charge on any atom is 0.258 e. The van der Waals surface area contributed by atoms with E-state index in [0.29, 0.717) is 11.7 Å². The predicted octanol–water partition coefficient (Wildman–Crippen LogP) is 5.36. The molecule has 0 spiro atoms. The molecule has 0 aliphatic heterocycles. The number of anilines is 1. The lowest BCUT2D eigenvalue weighted by Crippen LogP contribution is -2.23. The molecular formula is C23H30N4O2. The number of nitrogens with zero attached hydrogens (tertiary/aromatic N) is 4. The van der Waals surface area contributed by atoms with E-state index in [9.17, 15) is 0 Å². The first-order valence-electron chi connectivity index (χ1n) is 11.2. The molecule has 6 nitrogen and oxygen atoms in total. The molecule has 1 aromatic carbocycles. The van der Waals surface area contributed by atoms with E-state index in [4.69, 9.17) is 12.0 Å². The fourth-order valence-electron chi connectivity index (χ4n) is 3.39. The fourth-order valence-corrected chi connectivity index (χ4v) is 3.39. The molecule has 0 saturated carbocycles. The molecular weight excluding hydrogens is 364 g/mol. The van der Waals surface area contributed by atoms with Gasteiger partial charge in [-0.25, -0.2) is 4.98 Å². The van der Waals surface area contributed by atoms with Crippen molar-refractivity contribution in [2.24, 2.45) is 0 Å². The molecule has 0 amide bonds. The van der Waals surface area contributed by atoms with Gasteiger partial charge in [0.1, 0.15) is 11.6 Å². The Morgan fingerprint density at radius 3 is 2.41 bits per heavy atom. The molecule has 6 heteroatoms. The number of benzene rings is 1. The molecule has 0 N–H and O–H groups in total. The van der Waals surface area contributed by atoms with Crippen molar-refractivity contribution in [1.82, 2.24) is 15.1 Å². The number of hydrogen-bond donors (Lipinski definition) is 0. The first-order chi connectivity index (χ1) is 14.9. The molecule has 0 radical (unpaired) electrons. The molecule has 0 aliphatic carbocycles. The molecule has 3 rings (SSSR count). The zero-order valence-electron chi connectivity index (χ0n) is 19.8. The molecule has 0 saturated heterocycles. The van der Waals surface area contributed by atoms with Gasteiger partial charge in [-0.3, -0.25) is 0 Å². The number of aromatic nitrogens is 3. The van der Waals surface area contributed by atoms with Crippen LogP contribution in [0.4, 0.5) is 5.82 Å². The van der Waals surface area contributed by atoms with E-state index >= 15 is 0 Å². The van der Waals surface area contributed by atoms with Gasteiger partial charge in [0.2, 0.25) is 5.82 Å². The van der Waals surface area contributed by atoms with Crippen molar-refractivity contribution >= 4 is 5.82 Å². The Morgan fingerprint density at radius 1 is 1.03 bits per heavy atom. The monoisotopic (exact) mass is 396 g/mol. The van der Waals surface area contributed by atoms with E-state index in [1.165, 1.54) is 0 Å². The molecule has 0 bridgehead atoms. The second kappa shape index (κ2) is 9.07. The van der Waals surface area contributed by atoms with Crippen LogP contribution in [0.2, 0.25) is 0 Å². The van der Waals surface area contributed by atoms with E-state index in [1.807, 2.05) is 45.0 Å². The molecule has 0 unspecified atom stereocenters. The van der Waals surface area contributed by atoms with Gasteiger partial charge in [-0.05, 0) is 76.4 Å². The minimum Gasteiger partial charge on any atom is -0.493 e. The first-order valence-corrected chi connectivity index (χ1v) is 9.89. The minimum absolute atomic E-state index is 0.0201. The van der Waals surface area contributed by atoms with Crippen LogP contribution in [0.1, 0.15) is 46.7 Å². The van der Waals surface area contributed by atoms with Crippen LogP contribution in [0.3, 0.4) is 0 Å². The number of rotatable bonds is 8. The summed E-state index contributed by atoms with van der Waals surface area (Å²) in [4.78, 5) is 11.4. The lowest BCUT2D eigenvalue weighted by atomic mass is 10.1. The molecule has 2 heterocycles. The zero-order chi connectivity index (χ0) is 22.5. The smallest absolute Gasteiger partial charge is 0.258 e. The Labute approximate surface area is 175 Å². The van der Waals surface area contributed by atoms with Crippen LogP contribution in [-0.4, -0.2) is 34.8 Å². The fraction of sp³-hybridized carbons (Fsp3) is 0.435. The second-order valence-electron chi connectivity index (χ2n) is 6.99. The first kappa shape index (κ1) is 18.2. The zero-order valence-corrected chi connectivity index (χ0v) is 17.8. The van der Waals surface area contributed by atoms with Crippen LogP contribution in [0.5, 0.6) is 5.75 Å². The summed E-state index contributed by atoms with van der Waals surface area (Å²) in [5.41, 5.74) is 4.45. The Morgan fingerprint density at radius 2 is 1.76 bits per heavy atom. The van der Waals surface area contributed by atoms with Crippen molar-refractivity contribution < 1.29 is 12.0 Å². The van der Waals surface area contributed by atoms with Gasteiger partial charge in [0, 0.05) is 32.7 Å². The summed E-state index contributed by atoms with van der Waals surface area (Å²) in [5, 5.41) is 4.19. The third kappa shape index (κ3) is 4.58. The third-order valence-electron chi connectivity index (χ3n) is 4.76. The van der Waals surface area contributed by atoms with Crippen molar-refractivity contribution in [2.45, 2.75) is 47.9 Å². The van der Waals surface area contributed by atoms with Gasteiger partial charge in [-0.1, -0.05) is 12.1 Å². The van der Waals surface area contributed by atoms with Gasteiger partial charge < -0.3 is 14.2 Å². The van der Waals surface area contributed by atoms with Crippen LogP contribution in [0.25, 0.3) is 22.8 Å². The highest BCUT2D eigenvalue weighted by molar-refractivity contribution is 5.65. The number of hydrogen-bond acceptors (Lipinski definition) is 6. The average Bonchev–Trinajstić information content (AvgIpc) is 3.24. The molecule has 2 aromatic heterocycles. The van der Waals surface area contributed by atoms with E-state index in [2.05, 4.69) is 33.9 Å². The van der Waals surface area contributed by atoms with Crippen molar-refractivity contribution in [3.05, 3.63) is 41.1 Å². The number of pyridine rings is 1. The maximum atomic E-state index is 7.70. The Balaban J connectivity index is 1.89. The second-order valence-corrected chi connectivity index (χ2v) is 6.99. The van der Waals surface area contributed by atoms with Gasteiger partial charge in [-0.15, -0.1) is 0 Å². The average molecular weight is 397 g/mol. The largest absolute Gasteiger partial charge is 0.493 e. The highest BCUT2D eigenvalue weighted by atomic mass is 16.5. The lowest BCUT2D eigenvalue weighted by Gasteiger charge is -2.20. The summed E-state index contributed by atoms with van der Waals surface area (Å²) in [7, 11) is 0. The normalized spacial score (nSPS) is 13.0. The molecule has 154 valence electrons. The van der Waals surface area contributed by atoms with Crippen LogP contribution in [-0.2, 0) is 0 Å². The van der Waals surface area contributed by atoms with Crippen molar-refractivity contribution in [1.29, 1.82) is 0 Å². The Kier molecular flexibility index (Phi) is 5.68. The summed E-state index contributed by atoms with van der Waals surface area (Å²) >= 11 is 0. The van der Waals surface area contributed by atoms with Gasteiger partial charge in [0.05, 0.1) is 6.61 Å². The van der Waals surface area contributed by atoms with Gasteiger partial charge >= 0.3 is 0 Å². The van der Waals surface area contributed by atoms with E-state index in [1.54, 1.807) is 0 Å². The SMILES string of the molecule is [2H]C[C@@H]([2H])COc1c(C)cc(-c2noc(-c3cc(C)nc(N(CC)CC)c3)n2)cc1C. The van der Waals surface area contributed by atoms with E-state index < -0.39 is 6.40 Å². The van der Waals surface area contributed by atoms with Crippen LogP contribution >= 0.6 is 0 Å². The standard InChI is InChI=1S/C23H30N4O2/c1-7-10-28-21-15(4)11-18(12-16(21)5)22-25-23(29-26-22)19-13-17(6)24-20(14-19)27(8-2)9-3/h11-14H,7-10H2,1-6H3/i1D,7D/t7-/m1/s1. The summed E-state index contributed by atoms with van der Waals surface area (Å²) in [6.07, 6.45) is -0.553. The van der Waals surface area contributed by atoms with Crippen molar-refractivity contribution in [3.8, 4) is 28.6 Å². The molecule has 3 aromatic rings. The van der Waals surface area contributed by atoms with E-state index in [0.717, 1.165) is 52.6 Å². The highest BCUT2D eigenvalue weighted by Gasteiger charge is 2.16. The summed E-state index contributed by atoms with van der Waals surface area (Å²) in [5.74, 6) is 2.60. The van der Waals surface area contributed by atoms with Gasteiger partial charge in [0.25, 0.3) is 5.89 Å². The lowest BCUT2D eigenvalue weighted by molar-refractivity contribution is 0.313. The minimum atomic E-state index is -0.553. The Hall–Kier alpha value is -2.89. The highest BCUT2D eigenvalue weighted by Crippen LogP contribution is 2.31. The van der Waals surface area contributed by atoms with Crippen molar-refractivity contribution in [3.63, 3.8) is 0 Å².